The summed E-state index contributed by atoms with van der Waals surface area (Å²) in [4.78, 5) is 11.4. The summed E-state index contributed by atoms with van der Waals surface area (Å²) < 4.78 is 39.9. The number of nitrogens with zero attached hydrogens (tertiary/aromatic N) is 2. The van der Waals surface area contributed by atoms with Crippen LogP contribution in [0.25, 0.3) is 0 Å². The third-order valence-electron chi connectivity index (χ3n) is 1.76. The van der Waals surface area contributed by atoms with Crippen LogP contribution in [-0.2, 0) is 4.74 Å². The number of rotatable bonds is 5. The molecule has 2 amide bonds. The Hall–Kier alpha value is -1.42. The third-order valence-corrected chi connectivity index (χ3v) is 2.51. The van der Waals surface area contributed by atoms with Gasteiger partial charge in [0.15, 0.2) is 0 Å². The number of halogens is 3. The zero-order valence-corrected chi connectivity index (χ0v) is 11.1. The first-order valence-electron chi connectivity index (χ1n) is 5.28. The molecule has 0 bridgehead atoms. The van der Waals surface area contributed by atoms with E-state index in [4.69, 9.17) is 0 Å². The highest BCUT2D eigenvalue weighted by molar-refractivity contribution is 7.15. The Bertz CT molecular complexity index is 424. The molecule has 2 N–H and O–H groups in total. The van der Waals surface area contributed by atoms with E-state index in [1.807, 2.05) is 0 Å². The number of hydrogen-bond donors (Lipinski definition) is 2. The molecule has 0 aromatic carbocycles. The molecule has 10 heteroatoms. The van der Waals surface area contributed by atoms with Crippen LogP contribution in [0, 0.1) is 6.92 Å². The van der Waals surface area contributed by atoms with E-state index >= 15 is 0 Å². The quantitative estimate of drug-likeness (QED) is 0.871. The van der Waals surface area contributed by atoms with Crippen molar-refractivity contribution in [3.05, 3.63) is 5.01 Å². The van der Waals surface area contributed by atoms with Crippen LogP contribution in [0.2, 0.25) is 0 Å². The highest BCUT2D eigenvalue weighted by Gasteiger charge is 2.27. The van der Waals surface area contributed by atoms with Crippen molar-refractivity contribution >= 4 is 22.5 Å². The van der Waals surface area contributed by atoms with Gasteiger partial charge in [0.05, 0.1) is 12.6 Å². The molecule has 0 saturated heterocycles. The Morgan fingerprint density at radius 1 is 1.47 bits per heavy atom. The summed E-state index contributed by atoms with van der Waals surface area (Å²) in [5, 5.41) is 13.2. The van der Waals surface area contributed by atoms with Gasteiger partial charge in [0.25, 0.3) is 0 Å². The summed E-state index contributed by atoms with van der Waals surface area (Å²) in [5.41, 5.74) is 0. The minimum atomic E-state index is -4.37. The maximum absolute atomic E-state index is 11.8. The third kappa shape index (κ3) is 6.91. The lowest BCUT2D eigenvalue weighted by molar-refractivity contribution is -0.174. The van der Waals surface area contributed by atoms with Crippen molar-refractivity contribution in [2.75, 3.05) is 18.5 Å². The zero-order valence-electron chi connectivity index (χ0n) is 10.2. The van der Waals surface area contributed by atoms with Crippen LogP contribution < -0.4 is 10.6 Å². The molecule has 1 heterocycles. The van der Waals surface area contributed by atoms with Crippen molar-refractivity contribution < 1.29 is 22.7 Å². The van der Waals surface area contributed by atoms with Gasteiger partial charge in [0.2, 0.25) is 5.13 Å². The van der Waals surface area contributed by atoms with Gasteiger partial charge in [-0.3, -0.25) is 5.32 Å². The Labute approximate surface area is 111 Å². The summed E-state index contributed by atoms with van der Waals surface area (Å²) in [5.74, 6) is 0. The molecule has 0 fully saturated rings. The van der Waals surface area contributed by atoms with Gasteiger partial charge in [0.1, 0.15) is 11.6 Å². The van der Waals surface area contributed by atoms with E-state index in [2.05, 4.69) is 25.6 Å². The molecule has 1 aromatic rings. The number of carbonyl (C=O) groups excluding carboxylic acids is 1. The minimum absolute atomic E-state index is 0.234. The number of aromatic nitrogens is 2. The first kappa shape index (κ1) is 15.6. The number of ether oxygens (including phenoxy) is 1. The van der Waals surface area contributed by atoms with Crippen LogP contribution >= 0.6 is 11.3 Å². The molecule has 0 aliphatic carbocycles. The molecule has 0 unspecified atom stereocenters. The van der Waals surface area contributed by atoms with Crippen LogP contribution in [0.5, 0.6) is 0 Å². The molecular weight excluding hydrogens is 285 g/mol. The smallest absolute Gasteiger partial charge is 0.370 e. The maximum Gasteiger partial charge on any atom is 0.411 e. The number of aryl methyl sites for hydroxylation is 1. The summed E-state index contributed by atoms with van der Waals surface area (Å²) in [6, 6.07) is -1.13. The number of alkyl halides is 3. The molecule has 0 saturated carbocycles. The summed E-state index contributed by atoms with van der Waals surface area (Å²) in [6.07, 6.45) is -4.37. The van der Waals surface area contributed by atoms with Crippen LogP contribution in [0.4, 0.5) is 23.1 Å². The molecule has 0 aliphatic rings. The Balaban J connectivity index is 2.24. The Morgan fingerprint density at radius 3 is 2.68 bits per heavy atom. The molecule has 1 rings (SSSR count). The second-order valence-corrected chi connectivity index (χ2v) is 4.94. The van der Waals surface area contributed by atoms with Crippen LogP contribution in [-0.4, -0.2) is 41.7 Å². The number of anilines is 1. The van der Waals surface area contributed by atoms with Gasteiger partial charge in [-0.05, 0) is 13.8 Å². The summed E-state index contributed by atoms with van der Waals surface area (Å²) in [7, 11) is 0. The lowest BCUT2D eigenvalue weighted by Gasteiger charge is -2.14. The standard InChI is InChI=1S/C9H13F3N4O2S/c1-5(3-18-4-9(10,11)12)13-7(17)14-8-16-15-6(2)19-8/h5H,3-4H2,1-2H3,(H2,13,14,16,17)/t5-/m0/s1. The molecule has 19 heavy (non-hydrogen) atoms. The van der Waals surface area contributed by atoms with Gasteiger partial charge in [-0.1, -0.05) is 11.3 Å². The van der Waals surface area contributed by atoms with Gasteiger partial charge in [0, 0.05) is 0 Å². The highest BCUT2D eigenvalue weighted by Crippen LogP contribution is 2.14. The molecule has 1 atom stereocenters. The summed E-state index contributed by atoms with van der Waals surface area (Å²) in [6.45, 7) is 1.69. The first-order valence-corrected chi connectivity index (χ1v) is 6.10. The Kier molecular flexibility index (Phi) is 5.48. The number of urea groups is 1. The molecule has 6 nitrogen and oxygen atoms in total. The number of hydrogen-bond acceptors (Lipinski definition) is 5. The topological polar surface area (TPSA) is 76.1 Å². The predicted octanol–water partition coefficient (Wildman–Crippen LogP) is 1.94. The molecule has 0 spiro atoms. The van der Waals surface area contributed by atoms with E-state index in [0.29, 0.717) is 10.1 Å². The number of amides is 2. The van der Waals surface area contributed by atoms with Crippen LogP contribution in [0.3, 0.4) is 0 Å². The molecule has 0 radical (unpaired) electrons. The Morgan fingerprint density at radius 2 is 2.16 bits per heavy atom. The van der Waals surface area contributed by atoms with Gasteiger partial charge in [-0.25, -0.2) is 4.79 Å². The van der Waals surface area contributed by atoms with Crippen molar-refractivity contribution in [3.63, 3.8) is 0 Å². The lowest BCUT2D eigenvalue weighted by atomic mass is 10.4. The monoisotopic (exact) mass is 298 g/mol. The maximum atomic E-state index is 11.8. The van der Waals surface area contributed by atoms with Crippen molar-refractivity contribution in [2.45, 2.75) is 26.1 Å². The van der Waals surface area contributed by atoms with Gasteiger partial charge >= 0.3 is 12.2 Å². The SMILES string of the molecule is Cc1nnc(NC(=O)N[C@@H](C)COCC(F)(F)F)s1. The van der Waals surface area contributed by atoms with E-state index in [1.54, 1.807) is 6.92 Å². The summed E-state index contributed by atoms with van der Waals surface area (Å²) >= 11 is 1.19. The fraction of sp³-hybridized carbons (Fsp3) is 0.667. The van der Waals surface area contributed by atoms with Crippen molar-refractivity contribution in [1.29, 1.82) is 0 Å². The van der Waals surface area contributed by atoms with Gasteiger partial charge < -0.3 is 10.1 Å². The van der Waals surface area contributed by atoms with Crippen molar-refractivity contribution in [3.8, 4) is 0 Å². The van der Waals surface area contributed by atoms with Gasteiger partial charge in [-0.15, -0.1) is 10.2 Å². The van der Waals surface area contributed by atoms with E-state index in [-0.39, 0.29) is 6.61 Å². The minimum Gasteiger partial charge on any atom is -0.370 e. The van der Waals surface area contributed by atoms with Crippen molar-refractivity contribution in [1.82, 2.24) is 15.5 Å². The predicted molar refractivity (Wildman–Crippen MR) is 63.1 cm³/mol. The molecule has 1 aromatic heterocycles. The number of carbonyl (C=O) groups is 1. The average molecular weight is 298 g/mol. The van der Waals surface area contributed by atoms with E-state index in [9.17, 15) is 18.0 Å². The van der Waals surface area contributed by atoms with Crippen LogP contribution in [0.1, 0.15) is 11.9 Å². The molecule has 0 aliphatic heterocycles. The van der Waals surface area contributed by atoms with Crippen LogP contribution in [0.15, 0.2) is 0 Å². The van der Waals surface area contributed by atoms with E-state index in [1.165, 1.54) is 18.3 Å². The second-order valence-electron chi connectivity index (χ2n) is 3.76. The molecular formula is C9H13F3N4O2S. The molecule has 108 valence electrons. The normalized spacial score (nSPS) is 13.1. The first-order chi connectivity index (χ1) is 8.76. The fourth-order valence-corrected chi connectivity index (χ4v) is 1.68. The van der Waals surface area contributed by atoms with E-state index < -0.39 is 24.9 Å². The van der Waals surface area contributed by atoms with Crippen molar-refractivity contribution in [2.24, 2.45) is 0 Å². The second kappa shape index (κ2) is 6.66. The fourth-order valence-electron chi connectivity index (χ4n) is 1.10. The number of nitrogens with one attached hydrogen (secondary N) is 2. The highest BCUT2D eigenvalue weighted by atomic mass is 32.1. The average Bonchev–Trinajstić information content (AvgIpc) is 2.61. The van der Waals surface area contributed by atoms with Gasteiger partial charge in [-0.2, -0.15) is 13.2 Å². The largest absolute Gasteiger partial charge is 0.411 e. The van der Waals surface area contributed by atoms with E-state index in [0.717, 1.165) is 0 Å². The zero-order chi connectivity index (χ0) is 14.5. The lowest BCUT2D eigenvalue weighted by Crippen LogP contribution is -2.39.